The highest BCUT2D eigenvalue weighted by atomic mass is 16.5. The molecule has 0 atom stereocenters. The molecule has 1 amide bonds. The maximum absolute atomic E-state index is 11.8. The molecule has 98 valence electrons. The van der Waals surface area contributed by atoms with E-state index in [0.29, 0.717) is 17.9 Å². The molecule has 1 aromatic carbocycles. The zero-order valence-corrected chi connectivity index (χ0v) is 11.2. The number of rotatable bonds is 3. The summed E-state index contributed by atoms with van der Waals surface area (Å²) in [6.07, 6.45) is 0. The Morgan fingerprint density at radius 2 is 1.94 bits per heavy atom. The van der Waals surface area contributed by atoms with Gasteiger partial charge in [0.05, 0.1) is 12.2 Å². The highest BCUT2D eigenvalue weighted by Gasteiger charge is 2.21. The first kappa shape index (κ1) is 14.2. The summed E-state index contributed by atoms with van der Waals surface area (Å²) in [5, 5.41) is 2.77. The monoisotopic (exact) mass is 249 g/mol. The van der Waals surface area contributed by atoms with Gasteiger partial charge in [-0.05, 0) is 25.1 Å². The Hall–Kier alpha value is -1.84. The van der Waals surface area contributed by atoms with Crippen molar-refractivity contribution < 1.29 is 14.3 Å². The van der Waals surface area contributed by atoms with Gasteiger partial charge in [0.1, 0.15) is 0 Å². The van der Waals surface area contributed by atoms with Gasteiger partial charge in [-0.1, -0.05) is 26.8 Å². The molecule has 0 aliphatic heterocycles. The third kappa shape index (κ3) is 3.87. The molecule has 0 saturated heterocycles. The normalized spacial score (nSPS) is 10.9. The largest absolute Gasteiger partial charge is 0.462 e. The molecular weight excluding hydrogens is 230 g/mol. The highest BCUT2D eigenvalue weighted by Crippen LogP contribution is 2.18. The first-order valence-electron chi connectivity index (χ1n) is 5.93. The van der Waals surface area contributed by atoms with Gasteiger partial charge in [-0.3, -0.25) is 4.79 Å². The van der Waals surface area contributed by atoms with Crippen LogP contribution in [0.5, 0.6) is 0 Å². The lowest BCUT2D eigenvalue weighted by Crippen LogP contribution is -2.27. The van der Waals surface area contributed by atoms with E-state index in [1.807, 2.05) is 20.8 Å². The van der Waals surface area contributed by atoms with Crippen molar-refractivity contribution in [2.24, 2.45) is 5.41 Å². The zero-order valence-electron chi connectivity index (χ0n) is 11.2. The average molecular weight is 249 g/mol. The Morgan fingerprint density at radius 3 is 2.50 bits per heavy atom. The molecule has 0 saturated carbocycles. The minimum atomic E-state index is -0.472. The molecule has 0 spiro atoms. The van der Waals surface area contributed by atoms with Gasteiger partial charge >= 0.3 is 5.97 Å². The van der Waals surface area contributed by atoms with Crippen molar-refractivity contribution >= 4 is 17.6 Å². The molecule has 0 bridgehead atoms. The smallest absolute Gasteiger partial charge is 0.338 e. The van der Waals surface area contributed by atoms with Crippen molar-refractivity contribution in [2.45, 2.75) is 27.7 Å². The number of benzene rings is 1. The summed E-state index contributed by atoms with van der Waals surface area (Å²) in [4.78, 5) is 23.4. The van der Waals surface area contributed by atoms with Crippen LogP contribution in [0.4, 0.5) is 5.69 Å². The van der Waals surface area contributed by atoms with Crippen molar-refractivity contribution in [3.63, 3.8) is 0 Å². The third-order valence-corrected chi connectivity index (χ3v) is 2.31. The first-order valence-corrected chi connectivity index (χ1v) is 5.93. The molecule has 0 aliphatic rings. The summed E-state index contributed by atoms with van der Waals surface area (Å²) < 4.78 is 4.90. The number of anilines is 1. The summed E-state index contributed by atoms with van der Waals surface area (Å²) in [7, 11) is 0. The van der Waals surface area contributed by atoms with Crippen molar-refractivity contribution in [3.8, 4) is 0 Å². The van der Waals surface area contributed by atoms with Crippen molar-refractivity contribution in [3.05, 3.63) is 29.8 Å². The highest BCUT2D eigenvalue weighted by molar-refractivity contribution is 5.96. The van der Waals surface area contributed by atoms with Gasteiger partial charge in [0.15, 0.2) is 0 Å². The molecule has 0 fully saturated rings. The lowest BCUT2D eigenvalue weighted by atomic mass is 9.95. The van der Waals surface area contributed by atoms with Crippen molar-refractivity contribution in [2.75, 3.05) is 11.9 Å². The average Bonchev–Trinajstić information content (AvgIpc) is 2.28. The lowest BCUT2D eigenvalue weighted by Gasteiger charge is -2.17. The van der Waals surface area contributed by atoms with Crippen LogP contribution in [0, 0.1) is 5.41 Å². The molecular formula is C14H19NO3. The molecule has 0 radical (unpaired) electrons. The topological polar surface area (TPSA) is 55.4 Å². The summed E-state index contributed by atoms with van der Waals surface area (Å²) in [5.41, 5.74) is 0.559. The van der Waals surface area contributed by atoms with E-state index in [-0.39, 0.29) is 11.9 Å². The van der Waals surface area contributed by atoms with Crippen LogP contribution in [-0.2, 0) is 9.53 Å². The Morgan fingerprint density at radius 1 is 1.28 bits per heavy atom. The number of esters is 1. The van der Waals surface area contributed by atoms with Crippen LogP contribution in [0.1, 0.15) is 38.1 Å². The van der Waals surface area contributed by atoms with Gasteiger partial charge in [-0.25, -0.2) is 4.79 Å². The van der Waals surface area contributed by atoms with Crippen LogP contribution in [-0.4, -0.2) is 18.5 Å². The number of carbonyl (C=O) groups is 2. The second-order valence-electron chi connectivity index (χ2n) is 5.01. The fourth-order valence-corrected chi connectivity index (χ4v) is 1.26. The van der Waals surface area contributed by atoms with Crippen LogP contribution in [0.15, 0.2) is 24.3 Å². The van der Waals surface area contributed by atoms with Crippen LogP contribution < -0.4 is 5.32 Å². The summed E-state index contributed by atoms with van der Waals surface area (Å²) >= 11 is 0. The standard InChI is InChI=1S/C14H19NO3/c1-5-18-12(16)10-7-6-8-11(9-10)15-13(17)14(2,3)4/h6-9H,5H2,1-4H3,(H,15,17). The maximum Gasteiger partial charge on any atom is 0.338 e. The maximum atomic E-state index is 11.8. The molecule has 1 rings (SSSR count). The van der Waals surface area contributed by atoms with Gasteiger partial charge in [0.2, 0.25) is 5.91 Å². The van der Waals surface area contributed by atoms with E-state index in [2.05, 4.69) is 5.32 Å². The quantitative estimate of drug-likeness (QED) is 0.838. The van der Waals surface area contributed by atoms with E-state index in [0.717, 1.165) is 0 Å². The number of ether oxygens (including phenoxy) is 1. The fourth-order valence-electron chi connectivity index (χ4n) is 1.26. The Labute approximate surface area is 107 Å². The molecule has 0 aromatic heterocycles. The molecule has 4 nitrogen and oxygen atoms in total. The number of carbonyl (C=O) groups excluding carboxylic acids is 2. The van der Waals surface area contributed by atoms with E-state index in [1.165, 1.54) is 0 Å². The van der Waals surface area contributed by atoms with Crippen molar-refractivity contribution in [1.29, 1.82) is 0 Å². The van der Waals surface area contributed by atoms with Crippen LogP contribution in [0.3, 0.4) is 0 Å². The van der Waals surface area contributed by atoms with Gasteiger partial charge in [0, 0.05) is 11.1 Å². The summed E-state index contributed by atoms with van der Waals surface area (Å²) in [6, 6.07) is 6.73. The molecule has 1 aromatic rings. The second kappa shape index (κ2) is 5.67. The molecule has 0 aliphatic carbocycles. The molecule has 4 heteroatoms. The predicted molar refractivity (Wildman–Crippen MR) is 70.5 cm³/mol. The van der Waals surface area contributed by atoms with E-state index >= 15 is 0 Å². The first-order chi connectivity index (χ1) is 8.34. The van der Waals surface area contributed by atoms with Crippen LogP contribution in [0.25, 0.3) is 0 Å². The molecule has 1 N–H and O–H groups in total. The van der Waals surface area contributed by atoms with Gasteiger partial charge in [0.25, 0.3) is 0 Å². The minimum absolute atomic E-state index is 0.0940. The van der Waals surface area contributed by atoms with Gasteiger partial charge in [-0.15, -0.1) is 0 Å². The van der Waals surface area contributed by atoms with E-state index in [1.54, 1.807) is 31.2 Å². The number of nitrogens with one attached hydrogen (secondary N) is 1. The van der Waals surface area contributed by atoms with Gasteiger partial charge in [-0.2, -0.15) is 0 Å². The van der Waals surface area contributed by atoms with E-state index in [4.69, 9.17) is 4.74 Å². The van der Waals surface area contributed by atoms with Crippen LogP contribution in [0.2, 0.25) is 0 Å². The van der Waals surface area contributed by atoms with Crippen LogP contribution >= 0.6 is 0 Å². The molecule has 18 heavy (non-hydrogen) atoms. The summed E-state index contributed by atoms with van der Waals surface area (Å²) in [6.45, 7) is 7.58. The minimum Gasteiger partial charge on any atom is -0.462 e. The van der Waals surface area contributed by atoms with Gasteiger partial charge < -0.3 is 10.1 Å². The fraction of sp³-hybridized carbons (Fsp3) is 0.429. The Balaban J connectivity index is 2.83. The SMILES string of the molecule is CCOC(=O)c1cccc(NC(=O)C(C)(C)C)c1. The Bertz CT molecular complexity index is 447. The summed E-state index contributed by atoms with van der Waals surface area (Å²) in [5.74, 6) is -0.479. The number of amides is 1. The molecule has 0 heterocycles. The van der Waals surface area contributed by atoms with E-state index in [9.17, 15) is 9.59 Å². The predicted octanol–water partition coefficient (Wildman–Crippen LogP) is 2.85. The van der Waals surface area contributed by atoms with E-state index < -0.39 is 5.41 Å². The number of hydrogen-bond donors (Lipinski definition) is 1. The second-order valence-corrected chi connectivity index (χ2v) is 5.01. The molecule has 0 unspecified atom stereocenters. The Kier molecular flexibility index (Phi) is 4.48. The third-order valence-electron chi connectivity index (χ3n) is 2.31. The van der Waals surface area contributed by atoms with Crippen molar-refractivity contribution in [1.82, 2.24) is 0 Å². The lowest BCUT2D eigenvalue weighted by molar-refractivity contribution is -0.123. The number of hydrogen-bond acceptors (Lipinski definition) is 3. The zero-order chi connectivity index (χ0) is 13.8.